The quantitative estimate of drug-likeness (QED) is 0.821. The number of hydrogen-bond acceptors (Lipinski definition) is 3. The Bertz CT molecular complexity index is 503. The van der Waals surface area contributed by atoms with Crippen LogP contribution in [-0.4, -0.2) is 53.1 Å². The molecule has 1 N–H and O–H groups in total. The van der Waals surface area contributed by atoms with Crippen LogP contribution in [0.1, 0.15) is 44.6 Å². The second-order valence-corrected chi connectivity index (χ2v) is 8.16. The summed E-state index contributed by atoms with van der Waals surface area (Å²) in [5.41, 5.74) is 0. The van der Waals surface area contributed by atoms with Crippen LogP contribution in [0.2, 0.25) is 0 Å². The van der Waals surface area contributed by atoms with E-state index in [1.165, 1.54) is 45.2 Å². The highest BCUT2D eigenvalue weighted by molar-refractivity contribution is 7.98. The van der Waals surface area contributed by atoms with Crippen molar-refractivity contribution in [3.63, 3.8) is 0 Å². The van der Waals surface area contributed by atoms with Gasteiger partial charge in [-0.3, -0.25) is 4.79 Å². The predicted octanol–water partition coefficient (Wildman–Crippen LogP) is 3.16. The summed E-state index contributed by atoms with van der Waals surface area (Å²) in [5.74, 6) is 1.83. The van der Waals surface area contributed by atoms with Crippen molar-refractivity contribution in [1.82, 2.24) is 14.8 Å². The summed E-state index contributed by atoms with van der Waals surface area (Å²) in [7, 11) is 0. The maximum absolute atomic E-state index is 12.8. The van der Waals surface area contributed by atoms with Crippen molar-refractivity contribution in [2.75, 3.05) is 31.6 Å². The number of carbonyl (C=O) groups excluding carboxylic acids is 1. The molecule has 0 radical (unpaired) electrons. The Balaban J connectivity index is 1.56. The number of aromatic nitrogens is 1. The Morgan fingerprint density at radius 1 is 1.21 bits per heavy atom. The highest BCUT2D eigenvalue weighted by Gasteiger charge is 2.33. The molecule has 2 aliphatic heterocycles. The van der Waals surface area contributed by atoms with E-state index >= 15 is 0 Å². The van der Waals surface area contributed by atoms with Crippen molar-refractivity contribution in [3.8, 4) is 0 Å². The molecule has 3 heterocycles. The molecule has 0 unspecified atom stereocenters. The van der Waals surface area contributed by atoms with Crippen LogP contribution in [0.25, 0.3) is 0 Å². The van der Waals surface area contributed by atoms with Crippen LogP contribution in [0.15, 0.2) is 24.5 Å². The first kappa shape index (κ1) is 17.9. The molecule has 4 nitrogen and oxygen atoms in total. The first-order chi connectivity index (χ1) is 11.8. The Labute approximate surface area is 150 Å². The van der Waals surface area contributed by atoms with Gasteiger partial charge in [-0.2, -0.15) is 11.8 Å². The van der Waals surface area contributed by atoms with E-state index in [1.807, 2.05) is 24.5 Å². The minimum atomic E-state index is -0.0708. The molecule has 1 amide bonds. The summed E-state index contributed by atoms with van der Waals surface area (Å²) < 4.78 is 2.05. The van der Waals surface area contributed by atoms with Gasteiger partial charge in [0.2, 0.25) is 5.91 Å². The van der Waals surface area contributed by atoms with Gasteiger partial charge in [-0.05, 0) is 75.3 Å². The largest absolute Gasteiger partial charge is 0.354 e. The van der Waals surface area contributed by atoms with Gasteiger partial charge in [0.25, 0.3) is 0 Å². The number of amides is 1. The highest BCUT2D eigenvalue weighted by Crippen LogP contribution is 2.30. The number of piperidine rings is 2. The SMILES string of the molecule is CSCC[C@@H](C(=O)NC[C@H]1CCCN2CCCC[C@@H]12)n1cccc1. The molecule has 2 saturated heterocycles. The second kappa shape index (κ2) is 8.95. The van der Waals surface area contributed by atoms with Gasteiger partial charge < -0.3 is 14.8 Å². The van der Waals surface area contributed by atoms with Gasteiger partial charge in [-0.1, -0.05) is 6.42 Å². The van der Waals surface area contributed by atoms with Crippen LogP contribution in [-0.2, 0) is 4.79 Å². The molecule has 0 spiro atoms. The molecule has 0 bridgehead atoms. The molecular formula is C19H31N3OS. The van der Waals surface area contributed by atoms with E-state index < -0.39 is 0 Å². The predicted molar refractivity (Wildman–Crippen MR) is 101 cm³/mol. The lowest BCUT2D eigenvalue weighted by Gasteiger charge is -2.44. The van der Waals surface area contributed by atoms with E-state index in [9.17, 15) is 4.79 Å². The number of nitrogens with zero attached hydrogens (tertiary/aromatic N) is 2. The Hall–Kier alpha value is -0.940. The van der Waals surface area contributed by atoms with Crippen LogP contribution >= 0.6 is 11.8 Å². The highest BCUT2D eigenvalue weighted by atomic mass is 32.2. The third-order valence-corrected chi connectivity index (χ3v) is 6.30. The molecule has 2 fully saturated rings. The molecule has 1 aromatic heterocycles. The van der Waals surface area contributed by atoms with Crippen molar-refractivity contribution in [2.45, 2.75) is 50.6 Å². The fourth-order valence-corrected chi connectivity index (χ4v) is 4.82. The second-order valence-electron chi connectivity index (χ2n) is 7.17. The summed E-state index contributed by atoms with van der Waals surface area (Å²) in [5, 5.41) is 3.29. The molecule has 3 rings (SSSR count). The van der Waals surface area contributed by atoms with Crippen LogP contribution in [0.5, 0.6) is 0 Å². The van der Waals surface area contributed by atoms with Crippen LogP contribution in [0.4, 0.5) is 0 Å². The number of thioether (sulfide) groups is 1. The van der Waals surface area contributed by atoms with Crippen molar-refractivity contribution in [3.05, 3.63) is 24.5 Å². The molecule has 2 aliphatic rings. The summed E-state index contributed by atoms with van der Waals surface area (Å²) in [6, 6.07) is 4.63. The van der Waals surface area contributed by atoms with Crippen molar-refractivity contribution in [1.29, 1.82) is 0 Å². The van der Waals surface area contributed by atoms with Gasteiger partial charge in [0.1, 0.15) is 6.04 Å². The lowest BCUT2D eigenvalue weighted by molar-refractivity contribution is -0.124. The molecule has 0 aromatic carbocycles. The molecule has 0 saturated carbocycles. The van der Waals surface area contributed by atoms with E-state index in [1.54, 1.807) is 11.8 Å². The fourth-order valence-electron chi connectivity index (χ4n) is 4.37. The third kappa shape index (κ3) is 4.37. The van der Waals surface area contributed by atoms with Crippen molar-refractivity contribution >= 4 is 17.7 Å². The van der Waals surface area contributed by atoms with E-state index in [0.717, 1.165) is 18.7 Å². The number of rotatable bonds is 7. The lowest BCUT2D eigenvalue weighted by Crippen LogP contribution is -2.51. The number of hydrogen-bond donors (Lipinski definition) is 1. The minimum absolute atomic E-state index is 0.0708. The van der Waals surface area contributed by atoms with E-state index in [-0.39, 0.29) is 11.9 Å². The molecule has 1 aromatic rings. The van der Waals surface area contributed by atoms with Gasteiger partial charge in [0.15, 0.2) is 0 Å². The Morgan fingerprint density at radius 3 is 2.79 bits per heavy atom. The minimum Gasteiger partial charge on any atom is -0.354 e. The molecule has 24 heavy (non-hydrogen) atoms. The lowest BCUT2D eigenvalue weighted by atomic mass is 9.83. The summed E-state index contributed by atoms with van der Waals surface area (Å²) >= 11 is 1.81. The van der Waals surface area contributed by atoms with Crippen LogP contribution in [0, 0.1) is 5.92 Å². The molecule has 3 atom stereocenters. The van der Waals surface area contributed by atoms with Gasteiger partial charge in [-0.15, -0.1) is 0 Å². The first-order valence-corrected chi connectivity index (χ1v) is 10.8. The average molecular weight is 350 g/mol. The van der Waals surface area contributed by atoms with Crippen LogP contribution < -0.4 is 5.32 Å². The monoisotopic (exact) mass is 349 g/mol. The van der Waals surface area contributed by atoms with E-state index in [0.29, 0.717) is 12.0 Å². The van der Waals surface area contributed by atoms with Gasteiger partial charge in [0.05, 0.1) is 0 Å². The van der Waals surface area contributed by atoms with E-state index in [4.69, 9.17) is 0 Å². The summed E-state index contributed by atoms with van der Waals surface area (Å²) in [4.78, 5) is 15.5. The zero-order valence-corrected chi connectivity index (χ0v) is 15.6. The van der Waals surface area contributed by atoms with Crippen molar-refractivity contribution in [2.24, 2.45) is 5.92 Å². The average Bonchev–Trinajstić information content (AvgIpc) is 3.14. The topological polar surface area (TPSA) is 37.3 Å². The Kier molecular flexibility index (Phi) is 6.67. The standard InChI is InChI=1S/C19H31N3OS/c1-24-14-9-18(22-11-4-5-12-22)19(23)20-15-16-7-6-13-21-10-3-2-8-17(16)21/h4-5,11-12,16-18H,2-3,6-10,13-15H2,1H3,(H,20,23)/t16-,17+,18+/m1/s1. The maximum atomic E-state index is 12.8. The molecule has 5 heteroatoms. The fraction of sp³-hybridized carbons (Fsp3) is 0.737. The zero-order valence-electron chi connectivity index (χ0n) is 14.8. The zero-order chi connectivity index (χ0) is 16.8. The summed E-state index contributed by atoms with van der Waals surface area (Å²) in [6.07, 6.45) is 13.6. The maximum Gasteiger partial charge on any atom is 0.243 e. The van der Waals surface area contributed by atoms with Gasteiger partial charge in [0, 0.05) is 25.0 Å². The normalized spacial score (nSPS) is 25.9. The van der Waals surface area contributed by atoms with E-state index in [2.05, 4.69) is 21.0 Å². The molecule has 0 aliphatic carbocycles. The molecular weight excluding hydrogens is 318 g/mol. The third-order valence-electron chi connectivity index (χ3n) is 5.65. The number of carbonyl (C=O) groups is 1. The molecule has 134 valence electrons. The summed E-state index contributed by atoms with van der Waals surface area (Å²) in [6.45, 7) is 3.36. The smallest absolute Gasteiger partial charge is 0.243 e. The number of fused-ring (bicyclic) bond motifs is 1. The number of nitrogens with one attached hydrogen (secondary N) is 1. The Morgan fingerprint density at radius 2 is 2.00 bits per heavy atom. The first-order valence-electron chi connectivity index (χ1n) is 9.42. The van der Waals surface area contributed by atoms with Crippen molar-refractivity contribution < 1.29 is 4.79 Å². The van der Waals surface area contributed by atoms with Gasteiger partial charge >= 0.3 is 0 Å². The van der Waals surface area contributed by atoms with Gasteiger partial charge in [-0.25, -0.2) is 0 Å². The van der Waals surface area contributed by atoms with Crippen LogP contribution in [0.3, 0.4) is 0 Å².